The summed E-state index contributed by atoms with van der Waals surface area (Å²) in [5.41, 5.74) is 2.57. The van der Waals surface area contributed by atoms with Gasteiger partial charge < -0.3 is 10.3 Å². The second-order valence-electron chi connectivity index (χ2n) is 5.15. The van der Waals surface area contributed by atoms with Crippen molar-refractivity contribution in [3.63, 3.8) is 0 Å². The van der Waals surface area contributed by atoms with Gasteiger partial charge in [0, 0.05) is 29.0 Å². The number of nitrogens with one attached hydrogen (secondary N) is 2. The van der Waals surface area contributed by atoms with E-state index < -0.39 is 0 Å². The van der Waals surface area contributed by atoms with Crippen LogP contribution in [0.2, 0.25) is 0 Å². The zero-order valence-electron chi connectivity index (χ0n) is 12.1. The van der Waals surface area contributed by atoms with Gasteiger partial charge >= 0.3 is 0 Å². The molecule has 0 amide bonds. The molecule has 0 aliphatic heterocycles. The summed E-state index contributed by atoms with van der Waals surface area (Å²) in [4.78, 5) is 11.9. The van der Waals surface area contributed by atoms with Crippen molar-refractivity contribution in [1.82, 2.24) is 15.0 Å². The van der Waals surface area contributed by atoms with Crippen LogP contribution in [-0.4, -0.2) is 15.0 Å². The molecule has 0 spiro atoms. The Hall–Kier alpha value is -3.21. The molecule has 0 bridgehead atoms. The number of hydrogen-bond acceptors (Lipinski definition) is 3. The van der Waals surface area contributed by atoms with Crippen molar-refractivity contribution in [3.05, 3.63) is 72.8 Å². The molecule has 0 saturated heterocycles. The Morgan fingerprint density at radius 3 is 2.70 bits per heavy atom. The van der Waals surface area contributed by atoms with E-state index in [1.165, 1.54) is 12.1 Å². The van der Waals surface area contributed by atoms with Crippen LogP contribution in [0.15, 0.2) is 67.0 Å². The van der Waals surface area contributed by atoms with Gasteiger partial charge in [-0.25, -0.2) is 14.4 Å². The van der Waals surface area contributed by atoms with Crippen molar-refractivity contribution in [2.45, 2.75) is 0 Å². The summed E-state index contributed by atoms with van der Waals surface area (Å²) in [5.74, 6) is 1.17. The van der Waals surface area contributed by atoms with E-state index in [0.29, 0.717) is 5.82 Å². The van der Waals surface area contributed by atoms with E-state index >= 15 is 0 Å². The third kappa shape index (κ3) is 2.64. The van der Waals surface area contributed by atoms with Gasteiger partial charge in [0.25, 0.3) is 0 Å². The van der Waals surface area contributed by atoms with Crippen LogP contribution in [0.1, 0.15) is 0 Å². The minimum atomic E-state index is -0.258. The fourth-order valence-corrected chi connectivity index (χ4v) is 2.52. The first-order valence-electron chi connectivity index (χ1n) is 7.21. The molecule has 0 atom stereocenters. The lowest BCUT2D eigenvalue weighted by Crippen LogP contribution is -1.95. The average molecular weight is 304 g/mol. The first-order chi connectivity index (χ1) is 11.3. The van der Waals surface area contributed by atoms with Gasteiger partial charge in [-0.3, -0.25) is 0 Å². The molecular weight excluding hydrogens is 291 g/mol. The highest BCUT2D eigenvalue weighted by atomic mass is 19.1. The van der Waals surface area contributed by atoms with Gasteiger partial charge in [-0.15, -0.1) is 0 Å². The van der Waals surface area contributed by atoms with Crippen LogP contribution < -0.4 is 5.32 Å². The normalized spacial score (nSPS) is 10.8. The van der Waals surface area contributed by atoms with E-state index in [2.05, 4.69) is 20.3 Å². The fourth-order valence-electron chi connectivity index (χ4n) is 2.52. The molecule has 112 valence electrons. The predicted molar refractivity (Wildman–Crippen MR) is 89.0 cm³/mol. The lowest BCUT2D eigenvalue weighted by atomic mass is 10.1. The van der Waals surface area contributed by atoms with Gasteiger partial charge in [-0.1, -0.05) is 18.2 Å². The van der Waals surface area contributed by atoms with Crippen LogP contribution in [-0.2, 0) is 0 Å². The van der Waals surface area contributed by atoms with Gasteiger partial charge in [-0.2, -0.15) is 0 Å². The zero-order valence-corrected chi connectivity index (χ0v) is 12.1. The number of H-pyrrole nitrogens is 1. The molecule has 2 N–H and O–H groups in total. The van der Waals surface area contributed by atoms with Crippen LogP contribution in [0, 0.1) is 5.82 Å². The summed E-state index contributed by atoms with van der Waals surface area (Å²) in [5, 5.41) is 4.13. The van der Waals surface area contributed by atoms with E-state index in [-0.39, 0.29) is 5.82 Å². The topological polar surface area (TPSA) is 53.6 Å². The third-order valence-electron chi connectivity index (χ3n) is 3.60. The van der Waals surface area contributed by atoms with Crippen molar-refractivity contribution < 1.29 is 4.39 Å². The molecule has 0 aliphatic carbocycles. The molecule has 0 unspecified atom stereocenters. The summed E-state index contributed by atoms with van der Waals surface area (Å²) in [6.45, 7) is 0. The SMILES string of the molecule is Fc1cccc(-c2cc3c(Nc4ccccn4)nccc3[nH]2)c1. The van der Waals surface area contributed by atoms with Crippen LogP contribution in [0.4, 0.5) is 16.0 Å². The van der Waals surface area contributed by atoms with Crippen LogP contribution >= 0.6 is 0 Å². The highest BCUT2D eigenvalue weighted by Crippen LogP contribution is 2.29. The van der Waals surface area contributed by atoms with Crippen LogP contribution in [0.3, 0.4) is 0 Å². The Kier molecular flexibility index (Phi) is 3.24. The summed E-state index contributed by atoms with van der Waals surface area (Å²) in [7, 11) is 0. The molecule has 0 saturated carbocycles. The molecule has 5 heteroatoms. The van der Waals surface area contributed by atoms with E-state index in [1.807, 2.05) is 36.4 Å². The maximum atomic E-state index is 13.4. The molecule has 4 nitrogen and oxygen atoms in total. The standard InChI is InChI=1S/C18H13FN4/c19-13-5-3-4-12(10-13)16-11-14-15(22-16)7-9-21-18(14)23-17-6-1-2-8-20-17/h1-11,22H,(H,20,21,23). The molecule has 4 aromatic rings. The zero-order chi connectivity index (χ0) is 15.6. The second-order valence-corrected chi connectivity index (χ2v) is 5.15. The van der Waals surface area contributed by atoms with Crippen molar-refractivity contribution in [1.29, 1.82) is 0 Å². The highest BCUT2D eigenvalue weighted by Gasteiger charge is 2.09. The minimum absolute atomic E-state index is 0.258. The Bertz CT molecular complexity index is 963. The predicted octanol–water partition coefficient (Wildman–Crippen LogP) is 4.51. The lowest BCUT2D eigenvalue weighted by Gasteiger charge is -2.04. The number of rotatable bonds is 3. The van der Waals surface area contributed by atoms with Gasteiger partial charge in [-0.05, 0) is 36.4 Å². The fraction of sp³-hybridized carbons (Fsp3) is 0. The number of aromatic nitrogens is 3. The molecule has 3 aromatic heterocycles. The average Bonchev–Trinajstić information content (AvgIpc) is 3.01. The van der Waals surface area contributed by atoms with Crippen LogP contribution in [0.5, 0.6) is 0 Å². The molecule has 3 heterocycles. The van der Waals surface area contributed by atoms with E-state index in [9.17, 15) is 4.39 Å². The van der Waals surface area contributed by atoms with E-state index in [0.717, 1.165) is 28.0 Å². The Morgan fingerprint density at radius 1 is 0.913 bits per heavy atom. The quantitative estimate of drug-likeness (QED) is 0.585. The van der Waals surface area contributed by atoms with Gasteiger partial charge in [0.05, 0.1) is 5.52 Å². The monoisotopic (exact) mass is 304 g/mol. The smallest absolute Gasteiger partial charge is 0.140 e. The van der Waals surface area contributed by atoms with Gasteiger partial charge in [0.15, 0.2) is 0 Å². The third-order valence-corrected chi connectivity index (χ3v) is 3.60. The number of hydrogen-bond donors (Lipinski definition) is 2. The summed E-state index contributed by atoms with van der Waals surface area (Å²) in [6.07, 6.45) is 3.44. The van der Waals surface area contributed by atoms with Crippen molar-refractivity contribution >= 4 is 22.5 Å². The van der Waals surface area contributed by atoms with Crippen molar-refractivity contribution in [2.24, 2.45) is 0 Å². The summed E-state index contributed by atoms with van der Waals surface area (Å²) in [6, 6.07) is 16.0. The number of fused-ring (bicyclic) bond motifs is 1. The Morgan fingerprint density at radius 2 is 1.87 bits per heavy atom. The molecule has 0 fully saturated rings. The lowest BCUT2D eigenvalue weighted by molar-refractivity contribution is 0.628. The summed E-state index contributed by atoms with van der Waals surface area (Å²) < 4.78 is 13.4. The second kappa shape index (κ2) is 5.53. The Balaban J connectivity index is 1.78. The van der Waals surface area contributed by atoms with Gasteiger partial charge in [0.1, 0.15) is 17.5 Å². The molecule has 23 heavy (non-hydrogen) atoms. The summed E-state index contributed by atoms with van der Waals surface area (Å²) >= 11 is 0. The number of halogens is 1. The van der Waals surface area contributed by atoms with Crippen LogP contribution in [0.25, 0.3) is 22.2 Å². The molecule has 0 aliphatic rings. The number of aromatic amines is 1. The molecule has 0 radical (unpaired) electrons. The maximum absolute atomic E-state index is 13.4. The number of benzene rings is 1. The van der Waals surface area contributed by atoms with Crippen molar-refractivity contribution in [2.75, 3.05) is 5.32 Å². The first-order valence-corrected chi connectivity index (χ1v) is 7.21. The molecule has 4 rings (SSSR count). The highest BCUT2D eigenvalue weighted by molar-refractivity contribution is 5.94. The maximum Gasteiger partial charge on any atom is 0.140 e. The first kappa shape index (κ1) is 13.5. The van der Waals surface area contributed by atoms with E-state index in [1.54, 1.807) is 18.5 Å². The minimum Gasteiger partial charge on any atom is -0.354 e. The number of nitrogens with zero attached hydrogens (tertiary/aromatic N) is 2. The number of pyridine rings is 2. The largest absolute Gasteiger partial charge is 0.354 e. The Labute approximate surface area is 132 Å². The number of anilines is 2. The van der Waals surface area contributed by atoms with Crippen molar-refractivity contribution in [3.8, 4) is 11.3 Å². The van der Waals surface area contributed by atoms with E-state index in [4.69, 9.17) is 0 Å². The van der Waals surface area contributed by atoms with Gasteiger partial charge in [0.2, 0.25) is 0 Å². The molecule has 1 aromatic carbocycles. The molecular formula is C18H13FN4.